The molecule has 2 aliphatic heterocycles. The van der Waals surface area contributed by atoms with Crippen molar-refractivity contribution in [3.8, 4) is 5.75 Å². The van der Waals surface area contributed by atoms with Gasteiger partial charge in [-0.1, -0.05) is 6.07 Å². The van der Waals surface area contributed by atoms with Gasteiger partial charge in [0.05, 0.1) is 13.2 Å². The molecule has 7 heteroatoms. The van der Waals surface area contributed by atoms with Gasteiger partial charge in [-0.2, -0.15) is 0 Å². The topological polar surface area (TPSA) is 70.1 Å². The van der Waals surface area contributed by atoms with E-state index in [0.29, 0.717) is 45.4 Å². The minimum atomic E-state index is -0.592. The second-order valence-corrected chi connectivity index (χ2v) is 7.37. The summed E-state index contributed by atoms with van der Waals surface area (Å²) >= 11 is 0. The Hall–Kier alpha value is -2.15. The summed E-state index contributed by atoms with van der Waals surface area (Å²) < 4.78 is 19.3. The number of methoxy groups -OCH3 is 1. The highest BCUT2D eigenvalue weighted by Crippen LogP contribution is 2.40. The van der Waals surface area contributed by atoms with E-state index in [1.54, 1.807) is 15.9 Å². The summed E-state index contributed by atoms with van der Waals surface area (Å²) in [5, 5.41) is 10.2. The molecule has 0 aromatic heterocycles. The number of aliphatic hydroxyl groups is 1. The molecular weight excluding hydrogens is 339 g/mol. The highest BCUT2D eigenvalue weighted by atomic mass is 19.1. The van der Waals surface area contributed by atoms with E-state index in [2.05, 4.69) is 0 Å². The van der Waals surface area contributed by atoms with Crippen molar-refractivity contribution in [3.63, 3.8) is 0 Å². The lowest BCUT2D eigenvalue weighted by atomic mass is 9.71. The lowest BCUT2D eigenvalue weighted by Gasteiger charge is -2.49. The predicted octanol–water partition coefficient (Wildman–Crippen LogP) is 1.67. The van der Waals surface area contributed by atoms with Crippen LogP contribution in [0.1, 0.15) is 36.5 Å². The molecule has 2 aliphatic rings. The number of β-amino-alcohol motifs (C(OH)–C–C–N with tert-alkyl or cyclic N) is 1. The molecular formula is C19H25FN2O4. The van der Waals surface area contributed by atoms with Crippen LogP contribution >= 0.6 is 0 Å². The smallest absolute Gasteiger partial charge is 0.260 e. The highest BCUT2D eigenvalue weighted by molar-refractivity contribution is 5.97. The Morgan fingerprint density at radius 1 is 1.27 bits per heavy atom. The van der Waals surface area contributed by atoms with E-state index in [0.717, 1.165) is 0 Å². The number of nitrogens with zero attached hydrogens (tertiary/aromatic N) is 2. The number of hydrogen-bond acceptors (Lipinski definition) is 4. The number of benzene rings is 1. The number of carbonyl (C=O) groups is 2. The monoisotopic (exact) mass is 364 g/mol. The van der Waals surface area contributed by atoms with Crippen LogP contribution < -0.4 is 4.74 Å². The summed E-state index contributed by atoms with van der Waals surface area (Å²) in [4.78, 5) is 27.8. The van der Waals surface area contributed by atoms with E-state index < -0.39 is 11.9 Å². The van der Waals surface area contributed by atoms with Crippen molar-refractivity contribution in [2.45, 2.75) is 32.3 Å². The molecule has 2 saturated heterocycles. The summed E-state index contributed by atoms with van der Waals surface area (Å²) in [6.45, 7) is 3.41. The van der Waals surface area contributed by atoms with Crippen LogP contribution in [0.4, 0.5) is 4.39 Å². The fourth-order valence-corrected chi connectivity index (χ4v) is 4.18. The number of ether oxygens (including phenoxy) is 1. The Balaban J connectivity index is 1.72. The summed E-state index contributed by atoms with van der Waals surface area (Å²) in [7, 11) is 1.41. The minimum absolute atomic E-state index is 0.0417. The van der Waals surface area contributed by atoms with E-state index >= 15 is 0 Å². The molecule has 26 heavy (non-hydrogen) atoms. The molecule has 2 amide bonds. The Kier molecular flexibility index (Phi) is 5.18. The third-order valence-electron chi connectivity index (χ3n) is 5.59. The Morgan fingerprint density at radius 3 is 2.58 bits per heavy atom. The zero-order chi connectivity index (χ0) is 18.9. The minimum Gasteiger partial charge on any atom is -0.496 e. The molecule has 0 bridgehead atoms. The number of likely N-dealkylation sites (tertiary alicyclic amines) is 2. The summed E-state index contributed by atoms with van der Waals surface area (Å²) in [5.74, 6) is -0.788. The zero-order valence-corrected chi connectivity index (χ0v) is 15.2. The highest BCUT2D eigenvalue weighted by Gasteiger charge is 2.43. The zero-order valence-electron chi connectivity index (χ0n) is 15.2. The first-order valence-electron chi connectivity index (χ1n) is 8.90. The molecule has 6 nitrogen and oxygen atoms in total. The number of halogens is 1. The molecule has 1 aromatic rings. The van der Waals surface area contributed by atoms with Crippen molar-refractivity contribution in [1.29, 1.82) is 0 Å². The number of rotatable bonds is 2. The Morgan fingerprint density at radius 2 is 1.96 bits per heavy atom. The number of hydrogen-bond donors (Lipinski definition) is 1. The van der Waals surface area contributed by atoms with Crippen molar-refractivity contribution < 1.29 is 23.8 Å². The SMILES string of the molecule is COc1cccc(F)c1C(=O)N1CCC2(CC1)CC(O)CN(C(C)=O)C2. The standard InChI is InChI=1S/C19H25FN2O4/c1-13(23)22-11-14(24)10-19(12-22)6-8-21(9-7-19)18(25)17-15(20)4-3-5-16(17)26-2/h3-5,14,24H,6-12H2,1-2H3. The molecule has 0 saturated carbocycles. The average molecular weight is 364 g/mol. The van der Waals surface area contributed by atoms with Crippen molar-refractivity contribution in [3.05, 3.63) is 29.6 Å². The first-order chi connectivity index (χ1) is 12.3. The van der Waals surface area contributed by atoms with Gasteiger partial charge < -0.3 is 19.6 Å². The molecule has 1 spiro atoms. The molecule has 1 atom stereocenters. The fourth-order valence-electron chi connectivity index (χ4n) is 4.18. The first-order valence-corrected chi connectivity index (χ1v) is 8.90. The van der Waals surface area contributed by atoms with E-state index in [1.807, 2.05) is 0 Å². The number of piperidine rings is 2. The van der Waals surface area contributed by atoms with E-state index in [1.165, 1.54) is 26.2 Å². The van der Waals surface area contributed by atoms with Crippen molar-refractivity contribution in [2.24, 2.45) is 5.41 Å². The average Bonchev–Trinajstić information content (AvgIpc) is 2.61. The molecule has 142 valence electrons. The van der Waals surface area contributed by atoms with Crippen LogP contribution in [0.5, 0.6) is 5.75 Å². The van der Waals surface area contributed by atoms with Crippen molar-refractivity contribution in [1.82, 2.24) is 9.80 Å². The lowest BCUT2D eigenvalue weighted by molar-refractivity contribution is -0.137. The molecule has 1 N–H and O–H groups in total. The molecule has 2 heterocycles. The summed E-state index contributed by atoms with van der Waals surface area (Å²) in [5.41, 5.74) is -0.223. The maximum atomic E-state index is 14.2. The number of aliphatic hydroxyl groups excluding tert-OH is 1. The van der Waals surface area contributed by atoms with Crippen LogP contribution in [0.2, 0.25) is 0 Å². The van der Waals surface area contributed by atoms with Gasteiger partial charge in [0.15, 0.2) is 0 Å². The van der Waals surface area contributed by atoms with Gasteiger partial charge in [-0.25, -0.2) is 4.39 Å². The summed E-state index contributed by atoms with van der Waals surface area (Å²) in [6, 6.07) is 4.34. The number of carbonyl (C=O) groups excluding carboxylic acids is 2. The molecule has 0 radical (unpaired) electrons. The van der Waals surface area contributed by atoms with Gasteiger partial charge >= 0.3 is 0 Å². The van der Waals surface area contributed by atoms with Gasteiger partial charge in [-0.3, -0.25) is 9.59 Å². The van der Waals surface area contributed by atoms with Crippen molar-refractivity contribution >= 4 is 11.8 Å². The van der Waals surface area contributed by atoms with Crippen LogP contribution in [-0.4, -0.2) is 66.1 Å². The van der Waals surface area contributed by atoms with Gasteiger partial charge in [0.25, 0.3) is 5.91 Å². The van der Waals surface area contributed by atoms with E-state index in [9.17, 15) is 19.1 Å². The Bertz CT molecular complexity index is 701. The third-order valence-corrected chi connectivity index (χ3v) is 5.59. The maximum absolute atomic E-state index is 14.2. The second kappa shape index (κ2) is 7.23. The molecule has 2 fully saturated rings. The first kappa shape index (κ1) is 18.6. The van der Waals surface area contributed by atoms with Crippen LogP contribution in [0.25, 0.3) is 0 Å². The molecule has 1 unspecified atom stereocenters. The molecule has 0 aliphatic carbocycles. The lowest BCUT2D eigenvalue weighted by Crippen LogP contribution is -2.55. The quantitative estimate of drug-likeness (QED) is 0.867. The molecule has 1 aromatic carbocycles. The number of amides is 2. The van der Waals surface area contributed by atoms with Crippen LogP contribution in [-0.2, 0) is 4.79 Å². The van der Waals surface area contributed by atoms with Crippen molar-refractivity contribution in [2.75, 3.05) is 33.3 Å². The van der Waals surface area contributed by atoms with Gasteiger partial charge in [-0.15, -0.1) is 0 Å². The van der Waals surface area contributed by atoms with Gasteiger partial charge in [0.2, 0.25) is 5.91 Å². The van der Waals surface area contributed by atoms with Gasteiger partial charge in [-0.05, 0) is 36.8 Å². The van der Waals surface area contributed by atoms with Gasteiger partial charge in [0.1, 0.15) is 17.1 Å². The van der Waals surface area contributed by atoms with E-state index in [4.69, 9.17) is 4.74 Å². The maximum Gasteiger partial charge on any atom is 0.260 e. The van der Waals surface area contributed by atoms with Gasteiger partial charge in [0, 0.05) is 33.1 Å². The largest absolute Gasteiger partial charge is 0.496 e. The van der Waals surface area contributed by atoms with Crippen LogP contribution in [0, 0.1) is 11.2 Å². The third kappa shape index (κ3) is 3.53. The van der Waals surface area contributed by atoms with Crippen LogP contribution in [0.3, 0.4) is 0 Å². The second-order valence-electron chi connectivity index (χ2n) is 7.37. The fraction of sp³-hybridized carbons (Fsp3) is 0.579. The summed E-state index contributed by atoms with van der Waals surface area (Å²) in [6.07, 6.45) is 1.44. The Labute approximate surface area is 152 Å². The predicted molar refractivity (Wildman–Crippen MR) is 93.4 cm³/mol. The van der Waals surface area contributed by atoms with E-state index in [-0.39, 0.29) is 28.5 Å². The van der Waals surface area contributed by atoms with Crippen LogP contribution in [0.15, 0.2) is 18.2 Å². The molecule has 3 rings (SSSR count). The normalized spacial score (nSPS) is 22.4.